The molecule has 0 radical (unpaired) electrons. The fourth-order valence-electron chi connectivity index (χ4n) is 1.99. The predicted octanol–water partition coefficient (Wildman–Crippen LogP) is 2.45. The molecule has 1 saturated heterocycles. The van der Waals surface area contributed by atoms with Crippen LogP contribution < -0.4 is 0 Å². The Labute approximate surface area is 115 Å². The van der Waals surface area contributed by atoms with E-state index in [0.717, 1.165) is 6.42 Å². The summed E-state index contributed by atoms with van der Waals surface area (Å²) in [6.45, 7) is 7.99. The van der Waals surface area contributed by atoms with E-state index in [9.17, 15) is 9.59 Å². The van der Waals surface area contributed by atoms with Gasteiger partial charge >= 0.3 is 5.97 Å². The van der Waals surface area contributed by atoms with Crippen molar-refractivity contribution in [1.82, 2.24) is 4.90 Å². The van der Waals surface area contributed by atoms with Gasteiger partial charge in [-0.25, -0.2) is 4.79 Å². The zero-order valence-electron chi connectivity index (χ0n) is 12.2. The van der Waals surface area contributed by atoms with Crippen LogP contribution in [0.15, 0.2) is 24.3 Å². The Balaban J connectivity index is 2.68. The van der Waals surface area contributed by atoms with E-state index in [1.807, 2.05) is 33.8 Å². The van der Waals surface area contributed by atoms with Gasteiger partial charge in [-0.1, -0.05) is 18.2 Å². The Morgan fingerprint density at radius 3 is 2.53 bits per heavy atom. The molecule has 0 aromatic heterocycles. The van der Waals surface area contributed by atoms with Crippen molar-refractivity contribution in [2.24, 2.45) is 0 Å². The maximum absolute atomic E-state index is 12.1. The molecule has 0 bridgehead atoms. The highest BCUT2D eigenvalue weighted by Crippen LogP contribution is 2.21. The number of likely N-dealkylation sites (tertiary alicyclic amines) is 1. The second-order valence-electron chi connectivity index (χ2n) is 5.61. The number of amides is 1. The molecular weight excluding hydrogens is 242 g/mol. The van der Waals surface area contributed by atoms with Gasteiger partial charge in [0.05, 0.1) is 0 Å². The van der Waals surface area contributed by atoms with Crippen molar-refractivity contribution in [2.45, 2.75) is 52.2 Å². The lowest BCUT2D eigenvalue weighted by molar-refractivity contribution is -0.162. The van der Waals surface area contributed by atoms with Crippen LogP contribution in [0.5, 0.6) is 0 Å². The molecule has 4 heteroatoms. The fourth-order valence-corrected chi connectivity index (χ4v) is 1.99. The predicted molar refractivity (Wildman–Crippen MR) is 74.5 cm³/mol. The van der Waals surface area contributed by atoms with Gasteiger partial charge in [-0.05, 0) is 40.5 Å². The monoisotopic (exact) mass is 265 g/mol. The summed E-state index contributed by atoms with van der Waals surface area (Å²) >= 11 is 0. The van der Waals surface area contributed by atoms with Gasteiger partial charge < -0.3 is 9.64 Å². The van der Waals surface area contributed by atoms with Gasteiger partial charge in [-0.2, -0.15) is 0 Å². The average molecular weight is 265 g/mol. The summed E-state index contributed by atoms with van der Waals surface area (Å²) in [5, 5.41) is 0. The summed E-state index contributed by atoms with van der Waals surface area (Å²) in [6, 6.07) is -0.443. The molecule has 1 heterocycles. The normalized spacial score (nSPS) is 20.4. The number of carbonyl (C=O) groups excluding carboxylic acids is 2. The first-order valence-corrected chi connectivity index (χ1v) is 6.68. The Morgan fingerprint density at radius 2 is 1.95 bits per heavy atom. The van der Waals surface area contributed by atoms with Gasteiger partial charge in [0, 0.05) is 12.6 Å². The Hall–Kier alpha value is -1.58. The summed E-state index contributed by atoms with van der Waals surface area (Å²) in [5.41, 5.74) is -0.519. The van der Waals surface area contributed by atoms with Crippen LogP contribution in [0.25, 0.3) is 0 Å². The van der Waals surface area contributed by atoms with E-state index in [0.29, 0.717) is 13.0 Å². The number of hydrogen-bond donors (Lipinski definition) is 0. The lowest BCUT2D eigenvalue weighted by atomic mass is 10.1. The SMILES string of the molecule is CC=CC=CC(=O)N1CCC[C@@H]1C(=O)OC(C)(C)C. The molecular formula is C15H23NO3. The number of allylic oxidation sites excluding steroid dienone is 3. The molecule has 0 unspecified atom stereocenters. The molecule has 1 atom stereocenters. The minimum Gasteiger partial charge on any atom is -0.458 e. The van der Waals surface area contributed by atoms with E-state index in [-0.39, 0.29) is 11.9 Å². The van der Waals surface area contributed by atoms with E-state index in [1.54, 1.807) is 17.1 Å². The lowest BCUT2D eigenvalue weighted by Gasteiger charge is -2.26. The van der Waals surface area contributed by atoms with Gasteiger partial charge in [-0.15, -0.1) is 0 Å². The van der Waals surface area contributed by atoms with E-state index in [4.69, 9.17) is 4.74 Å². The number of rotatable bonds is 3. The van der Waals surface area contributed by atoms with Crippen molar-refractivity contribution in [3.63, 3.8) is 0 Å². The zero-order valence-corrected chi connectivity index (χ0v) is 12.2. The van der Waals surface area contributed by atoms with Crippen LogP contribution >= 0.6 is 0 Å². The van der Waals surface area contributed by atoms with Crippen molar-refractivity contribution < 1.29 is 14.3 Å². The number of esters is 1. The number of hydrogen-bond acceptors (Lipinski definition) is 3. The Kier molecular flexibility index (Phi) is 5.33. The van der Waals surface area contributed by atoms with Crippen LogP contribution in [0.1, 0.15) is 40.5 Å². The Bertz CT molecular complexity index is 391. The van der Waals surface area contributed by atoms with Crippen LogP contribution in [0.3, 0.4) is 0 Å². The molecule has 0 spiro atoms. The molecule has 0 saturated carbocycles. The zero-order chi connectivity index (χ0) is 14.5. The molecule has 19 heavy (non-hydrogen) atoms. The van der Waals surface area contributed by atoms with Crippen molar-refractivity contribution >= 4 is 11.9 Å². The second-order valence-corrected chi connectivity index (χ2v) is 5.61. The fraction of sp³-hybridized carbons (Fsp3) is 0.600. The molecule has 0 N–H and O–H groups in total. The van der Waals surface area contributed by atoms with Crippen LogP contribution in [0.2, 0.25) is 0 Å². The third kappa shape index (κ3) is 4.89. The number of carbonyl (C=O) groups is 2. The molecule has 0 aromatic carbocycles. The molecule has 1 amide bonds. The molecule has 1 aliphatic rings. The van der Waals surface area contributed by atoms with Gasteiger partial charge in [0.15, 0.2) is 0 Å². The first-order chi connectivity index (χ1) is 8.85. The third-order valence-corrected chi connectivity index (χ3v) is 2.76. The van der Waals surface area contributed by atoms with Gasteiger partial charge in [0.1, 0.15) is 11.6 Å². The molecule has 0 aromatic rings. The van der Waals surface area contributed by atoms with Crippen molar-refractivity contribution in [3.8, 4) is 0 Å². The molecule has 1 fully saturated rings. The van der Waals surface area contributed by atoms with E-state index < -0.39 is 11.6 Å². The van der Waals surface area contributed by atoms with Crippen LogP contribution in [-0.4, -0.2) is 35.0 Å². The van der Waals surface area contributed by atoms with E-state index >= 15 is 0 Å². The quantitative estimate of drug-likeness (QED) is 0.447. The molecule has 1 aliphatic heterocycles. The van der Waals surface area contributed by atoms with Crippen molar-refractivity contribution in [3.05, 3.63) is 24.3 Å². The third-order valence-electron chi connectivity index (χ3n) is 2.76. The largest absolute Gasteiger partial charge is 0.458 e. The number of ether oxygens (including phenoxy) is 1. The summed E-state index contributed by atoms with van der Waals surface area (Å²) in [4.78, 5) is 25.6. The van der Waals surface area contributed by atoms with E-state index in [2.05, 4.69) is 0 Å². The highest BCUT2D eigenvalue weighted by atomic mass is 16.6. The molecule has 1 rings (SSSR count). The highest BCUT2D eigenvalue weighted by molar-refractivity contribution is 5.92. The maximum atomic E-state index is 12.1. The van der Waals surface area contributed by atoms with Gasteiger partial charge in [0.2, 0.25) is 5.91 Å². The van der Waals surface area contributed by atoms with Crippen molar-refractivity contribution in [2.75, 3.05) is 6.54 Å². The molecule has 106 valence electrons. The first kappa shape index (κ1) is 15.5. The smallest absolute Gasteiger partial charge is 0.329 e. The lowest BCUT2D eigenvalue weighted by Crippen LogP contribution is -2.42. The highest BCUT2D eigenvalue weighted by Gasteiger charge is 2.35. The Morgan fingerprint density at radius 1 is 1.26 bits per heavy atom. The van der Waals surface area contributed by atoms with Crippen LogP contribution in [-0.2, 0) is 14.3 Å². The molecule has 4 nitrogen and oxygen atoms in total. The van der Waals surface area contributed by atoms with Gasteiger partial charge in [-0.3, -0.25) is 4.79 Å². The number of nitrogens with zero attached hydrogens (tertiary/aromatic N) is 1. The maximum Gasteiger partial charge on any atom is 0.329 e. The van der Waals surface area contributed by atoms with E-state index in [1.165, 1.54) is 6.08 Å². The summed E-state index contributed by atoms with van der Waals surface area (Å²) in [6.07, 6.45) is 8.33. The minimum absolute atomic E-state index is 0.133. The molecule has 0 aliphatic carbocycles. The van der Waals surface area contributed by atoms with Crippen LogP contribution in [0, 0.1) is 0 Å². The standard InChI is InChI=1S/C15H23NO3/c1-5-6-7-10-13(17)16-11-8-9-12(16)14(18)19-15(2,3)4/h5-7,10,12H,8-9,11H2,1-4H3/t12-/m1/s1. The second kappa shape index (κ2) is 6.55. The van der Waals surface area contributed by atoms with Gasteiger partial charge in [0.25, 0.3) is 0 Å². The summed E-state index contributed by atoms with van der Waals surface area (Å²) in [5.74, 6) is -0.441. The summed E-state index contributed by atoms with van der Waals surface area (Å²) in [7, 11) is 0. The first-order valence-electron chi connectivity index (χ1n) is 6.68. The summed E-state index contributed by atoms with van der Waals surface area (Å²) < 4.78 is 5.36. The topological polar surface area (TPSA) is 46.6 Å². The average Bonchev–Trinajstić information content (AvgIpc) is 2.75. The van der Waals surface area contributed by atoms with Crippen LogP contribution in [0.4, 0.5) is 0 Å². The minimum atomic E-state index is -0.519. The van der Waals surface area contributed by atoms with Crippen molar-refractivity contribution in [1.29, 1.82) is 0 Å².